The average Bonchev–Trinajstić information content (AvgIpc) is 2.81. The number of nitrogens with one attached hydrogen (secondary N) is 1. The maximum Gasteiger partial charge on any atom is 0.254 e. The highest BCUT2D eigenvalue weighted by molar-refractivity contribution is 5.96. The molecule has 2 N–H and O–H groups in total. The van der Waals surface area contributed by atoms with E-state index in [1.54, 1.807) is 18.2 Å². The van der Waals surface area contributed by atoms with E-state index in [1.807, 2.05) is 11.8 Å². The molecule has 2 heterocycles. The normalized spacial score (nSPS) is 26.3. The van der Waals surface area contributed by atoms with Crippen molar-refractivity contribution in [3.63, 3.8) is 0 Å². The number of rotatable bonds is 1. The van der Waals surface area contributed by atoms with Crippen molar-refractivity contribution in [1.29, 1.82) is 0 Å². The number of benzene rings is 1. The van der Waals surface area contributed by atoms with Crippen molar-refractivity contribution in [2.45, 2.75) is 25.8 Å². The van der Waals surface area contributed by atoms with E-state index in [-0.39, 0.29) is 11.7 Å². The van der Waals surface area contributed by atoms with Gasteiger partial charge in [-0.25, -0.2) is 0 Å². The topological polar surface area (TPSA) is 52.6 Å². The molecule has 1 aromatic rings. The second kappa shape index (κ2) is 4.85. The second-order valence-electron chi connectivity index (χ2n) is 5.67. The fourth-order valence-corrected chi connectivity index (χ4v) is 3.27. The fraction of sp³-hybridized carbons (Fsp3) is 0.533. The maximum absolute atomic E-state index is 12.5. The summed E-state index contributed by atoms with van der Waals surface area (Å²) in [6, 6.07) is 5.42. The van der Waals surface area contributed by atoms with Crippen LogP contribution in [0.2, 0.25) is 0 Å². The first kappa shape index (κ1) is 12.5. The van der Waals surface area contributed by atoms with Gasteiger partial charge in [0.2, 0.25) is 0 Å². The van der Waals surface area contributed by atoms with Crippen molar-refractivity contribution in [2.24, 2.45) is 5.92 Å². The third kappa shape index (κ3) is 2.32. The van der Waals surface area contributed by atoms with E-state index in [2.05, 4.69) is 5.32 Å². The Labute approximate surface area is 113 Å². The summed E-state index contributed by atoms with van der Waals surface area (Å²) in [7, 11) is 0. The van der Waals surface area contributed by atoms with Gasteiger partial charge in [0.05, 0.1) is 0 Å². The number of aromatic hydroxyl groups is 1. The monoisotopic (exact) mass is 260 g/mol. The third-order valence-electron chi connectivity index (χ3n) is 4.33. The molecule has 2 aliphatic heterocycles. The van der Waals surface area contributed by atoms with Crippen molar-refractivity contribution in [3.8, 4) is 5.75 Å². The van der Waals surface area contributed by atoms with Crippen LogP contribution in [0.4, 0.5) is 0 Å². The minimum Gasteiger partial charge on any atom is -0.508 e. The number of phenolic OH excluding ortho intramolecular Hbond substituents is 1. The lowest BCUT2D eigenvalue weighted by atomic mass is 9.94. The highest BCUT2D eigenvalue weighted by Gasteiger charge is 2.36. The molecule has 2 aliphatic rings. The number of nitrogens with zero attached hydrogens (tertiary/aromatic N) is 1. The van der Waals surface area contributed by atoms with Crippen molar-refractivity contribution in [1.82, 2.24) is 10.2 Å². The number of hydrogen-bond acceptors (Lipinski definition) is 3. The summed E-state index contributed by atoms with van der Waals surface area (Å²) < 4.78 is 0. The Balaban J connectivity index is 1.77. The summed E-state index contributed by atoms with van der Waals surface area (Å²) in [5.74, 6) is 0.912. The molecule has 2 atom stereocenters. The highest BCUT2D eigenvalue weighted by atomic mass is 16.3. The van der Waals surface area contributed by atoms with Gasteiger partial charge in [0.1, 0.15) is 5.75 Å². The molecule has 2 fully saturated rings. The Bertz CT molecular complexity index is 487. The first-order chi connectivity index (χ1) is 9.15. The Morgan fingerprint density at radius 2 is 2.26 bits per heavy atom. The van der Waals surface area contributed by atoms with Gasteiger partial charge in [0.15, 0.2) is 0 Å². The molecule has 0 radical (unpaired) electrons. The standard InChI is InChI=1S/C15H20N2O2/c1-10-7-12(18)4-5-13(10)15(19)17-8-11-3-2-6-16-14(11)9-17/h4-5,7,11,14,16,18H,2-3,6,8-9H2,1H3/t11-,14+/m0/s1. The molecule has 0 unspecified atom stereocenters. The minimum atomic E-state index is 0.0914. The van der Waals surface area contributed by atoms with Crippen LogP contribution < -0.4 is 5.32 Å². The van der Waals surface area contributed by atoms with E-state index in [4.69, 9.17) is 0 Å². The number of carbonyl (C=O) groups excluding carboxylic acids is 1. The zero-order chi connectivity index (χ0) is 13.4. The summed E-state index contributed by atoms with van der Waals surface area (Å²) >= 11 is 0. The Morgan fingerprint density at radius 3 is 3.00 bits per heavy atom. The number of amides is 1. The summed E-state index contributed by atoms with van der Waals surface area (Å²) in [5, 5.41) is 12.9. The van der Waals surface area contributed by atoms with E-state index in [0.717, 1.165) is 25.2 Å². The van der Waals surface area contributed by atoms with Crippen LogP contribution >= 0.6 is 0 Å². The lowest BCUT2D eigenvalue weighted by molar-refractivity contribution is 0.0785. The second-order valence-corrected chi connectivity index (χ2v) is 5.67. The largest absolute Gasteiger partial charge is 0.508 e. The van der Waals surface area contributed by atoms with Crippen LogP contribution in [0.5, 0.6) is 5.75 Å². The molecule has 0 aromatic heterocycles. The molecule has 0 bridgehead atoms. The Hall–Kier alpha value is -1.55. The number of piperidine rings is 1. The fourth-order valence-electron chi connectivity index (χ4n) is 3.27. The van der Waals surface area contributed by atoms with Gasteiger partial charge in [-0.1, -0.05) is 0 Å². The molecule has 1 amide bonds. The van der Waals surface area contributed by atoms with Gasteiger partial charge in [0.25, 0.3) is 5.91 Å². The smallest absolute Gasteiger partial charge is 0.254 e. The van der Waals surface area contributed by atoms with Crippen LogP contribution in [0.1, 0.15) is 28.8 Å². The van der Waals surface area contributed by atoms with Crippen molar-refractivity contribution in [2.75, 3.05) is 19.6 Å². The van der Waals surface area contributed by atoms with Crippen LogP contribution in [0.15, 0.2) is 18.2 Å². The number of likely N-dealkylation sites (tertiary alicyclic amines) is 1. The van der Waals surface area contributed by atoms with Crippen molar-refractivity contribution in [3.05, 3.63) is 29.3 Å². The van der Waals surface area contributed by atoms with E-state index in [0.29, 0.717) is 17.5 Å². The van der Waals surface area contributed by atoms with Crippen LogP contribution in [-0.4, -0.2) is 41.6 Å². The lowest BCUT2D eigenvalue weighted by Gasteiger charge is -2.24. The first-order valence-electron chi connectivity index (χ1n) is 6.97. The molecule has 3 rings (SSSR count). The van der Waals surface area contributed by atoms with Gasteiger partial charge < -0.3 is 15.3 Å². The van der Waals surface area contributed by atoms with E-state index in [1.165, 1.54) is 12.8 Å². The maximum atomic E-state index is 12.5. The summed E-state index contributed by atoms with van der Waals surface area (Å²) in [5.41, 5.74) is 1.55. The highest BCUT2D eigenvalue weighted by Crippen LogP contribution is 2.27. The van der Waals surface area contributed by atoms with E-state index in [9.17, 15) is 9.90 Å². The molecule has 2 saturated heterocycles. The summed E-state index contributed by atoms with van der Waals surface area (Å²) in [4.78, 5) is 14.5. The lowest BCUT2D eigenvalue weighted by Crippen LogP contribution is -2.41. The van der Waals surface area contributed by atoms with Gasteiger partial charge in [-0.05, 0) is 56.0 Å². The first-order valence-corrected chi connectivity index (χ1v) is 6.97. The van der Waals surface area contributed by atoms with Gasteiger partial charge in [-0.3, -0.25) is 4.79 Å². The molecule has 102 valence electrons. The molecule has 0 saturated carbocycles. The number of phenols is 1. The third-order valence-corrected chi connectivity index (χ3v) is 4.33. The number of fused-ring (bicyclic) bond motifs is 1. The quantitative estimate of drug-likeness (QED) is 0.805. The molecule has 0 aliphatic carbocycles. The number of hydrogen-bond donors (Lipinski definition) is 2. The predicted octanol–water partition coefficient (Wildman–Crippen LogP) is 1.52. The molecule has 19 heavy (non-hydrogen) atoms. The van der Waals surface area contributed by atoms with Gasteiger partial charge in [-0.2, -0.15) is 0 Å². The summed E-state index contributed by atoms with van der Waals surface area (Å²) in [6.45, 7) is 4.61. The Kier molecular flexibility index (Phi) is 3.19. The van der Waals surface area contributed by atoms with Crippen LogP contribution in [0.3, 0.4) is 0 Å². The van der Waals surface area contributed by atoms with E-state index >= 15 is 0 Å². The summed E-state index contributed by atoms with van der Waals surface area (Å²) in [6.07, 6.45) is 2.43. The van der Waals surface area contributed by atoms with Gasteiger partial charge in [0, 0.05) is 24.7 Å². The number of aryl methyl sites for hydroxylation is 1. The van der Waals surface area contributed by atoms with E-state index < -0.39 is 0 Å². The molecule has 0 spiro atoms. The van der Waals surface area contributed by atoms with Crippen molar-refractivity contribution >= 4 is 5.91 Å². The van der Waals surface area contributed by atoms with Gasteiger partial charge in [-0.15, -0.1) is 0 Å². The van der Waals surface area contributed by atoms with Gasteiger partial charge >= 0.3 is 0 Å². The molecule has 4 nitrogen and oxygen atoms in total. The molecule has 4 heteroatoms. The minimum absolute atomic E-state index is 0.0914. The zero-order valence-corrected chi connectivity index (χ0v) is 11.2. The van der Waals surface area contributed by atoms with Crippen LogP contribution in [-0.2, 0) is 0 Å². The predicted molar refractivity (Wildman–Crippen MR) is 73.3 cm³/mol. The number of carbonyl (C=O) groups is 1. The molecule has 1 aromatic carbocycles. The van der Waals surface area contributed by atoms with Crippen molar-refractivity contribution < 1.29 is 9.90 Å². The van der Waals surface area contributed by atoms with Crippen LogP contribution in [0, 0.1) is 12.8 Å². The zero-order valence-electron chi connectivity index (χ0n) is 11.2. The SMILES string of the molecule is Cc1cc(O)ccc1C(=O)N1C[C@@H]2CCCN[C@@H]2C1. The van der Waals surface area contributed by atoms with Crippen LogP contribution in [0.25, 0.3) is 0 Å². The average molecular weight is 260 g/mol. The molecular formula is C15H20N2O2. The Morgan fingerprint density at radius 1 is 1.42 bits per heavy atom. The molecular weight excluding hydrogens is 240 g/mol.